The van der Waals surface area contributed by atoms with Crippen LogP contribution >= 0.6 is 23.5 Å². The van der Waals surface area contributed by atoms with Crippen LogP contribution in [0.3, 0.4) is 0 Å². The van der Waals surface area contributed by atoms with Crippen molar-refractivity contribution < 1.29 is 13.8 Å². The zero-order valence-corrected chi connectivity index (χ0v) is 21.6. The molecule has 2 saturated carbocycles. The van der Waals surface area contributed by atoms with Gasteiger partial charge in [-0.1, -0.05) is 0 Å². The molecule has 2 aliphatic rings. The van der Waals surface area contributed by atoms with E-state index in [1.165, 1.54) is 25.7 Å². The van der Waals surface area contributed by atoms with Gasteiger partial charge in [0, 0.05) is 36.7 Å². The van der Waals surface area contributed by atoms with Crippen molar-refractivity contribution in [3.8, 4) is 0 Å². The second-order valence-electron chi connectivity index (χ2n) is 8.83. The van der Waals surface area contributed by atoms with Gasteiger partial charge in [0.1, 0.15) is 23.0 Å². The molecule has 0 bridgehead atoms. The number of nitrogens with zero attached hydrogens (tertiary/aromatic N) is 1. The maximum atomic E-state index is 11.0. The van der Waals surface area contributed by atoms with E-state index in [2.05, 4.69) is 21.3 Å². The lowest BCUT2D eigenvalue weighted by atomic mass is 10.4. The third-order valence-electron chi connectivity index (χ3n) is 5.57. The molecular weight excluding hydrogens is 486 g/mol. The Labute approximate surface area is 214 Å². The van der Waals surface area contributed by atoms with Crippen LogP contribution in [-0.4, -0.2) is 41.6 Å². The molecule has 2 aromatic heterocycles. The predicted molar refractivity (Wildman–Crippen MR) is 141 cm³/mol. The van der Waals surface area contributed by atoms with Gasteiger partial charge in [-0.2, -0.15) is 23.5 Å². The molecule has 0 unspecified atom stereocenters. The quantitative estimate of drug-likeness (QED) is 0.124. The molecule has 2 fully saturated rings. The van der Waals surface area contributed by atoms with Crippen LogP contribution in [0.25, 0.3) is 0 Å². The van der Waals surface area contributed by atoms with Gasteiger partial charge in [0.25, 0.3) is 6.20 Å². The van der Waals surface area contributed by atoms with E-state index in [1.807, 2.05) is 24.3 Å². The van der Waals surface area contributed by atoms with E-state index >= 15 is 0 Å². The Morgan fingerprint density at radius 2 is 1.31 bits per heavy atom. The van der Waals surface area contributed by atoms with Crippen molar-refractivity contribution in [2.45, 2.75) is 62.4 Å². The standard InChI is InChI=1S/C24H35N5O4S2/c30-29(31)15-24(25-9-11-34-16-22-7-5-20(32-22)13-27-18-1-2-18)26-10-12-35-17-23-8-6-21(33-23)14-28-19-3-4-19/h5-8,15,18-19,25-28H,1-4,9-14,16-17H2. The second-order valence-corrected chi connectivity index (χ2v) is 11.0. The van der Waals surface area contributed by atoms with E-state index in [4.69, 9.17) is 8.83 Å². The number of hydrogen-bond donors (Lipinski definition) is 4. The molecule has 0 radical (unpaired) electrons. The molecular formula is C24H35N5O4S2. The van der Waals surface area contributed by atoms with E-state index in [1.54, 1.807) is 23.5 Å². The summed E-state index contributed by atoms with van der Waals surface area (Å²) in [6.45, 7) is 2.84. The van der Waals surface area contributed by atoms with Crippen molar-refractivity contribution in [1.29, 1.82) is 0 Å². The summed E-state index contributed by atoms with van der Waals surface area (Å²) >= 11 is 3.47. The van der Waals surface area contributed by atoms with Crippen LogP contribution in [0.5, 0.6) is 0 Å². The molecule has 11 heteroatoms. The maximum absolute atomic E-state index is 11.0. The van der Waals surface area contributed by atoms with Gasteiger partial charge >= 0.3 is 0 Å². The minimum atomic E-state index is -0.435. The van der Waals surface area contributed by atoms with Crippen molar-refractivity contribution >= 4 is 23.5 Å². The number of rotatable bonds is 19. The number of hydrogen-bond acceptors (Lipinski definition) is 10. The van der Waals surface area contributed by atoms with Crippen molar-refractivity contribution in [2.24, 2.45) is 0 Å². The highest BCUT2D eigenvalue weighted by Gasteiger charge is 2.21. The zero-order valence-electron chi connectivity index (χ0n) is 19.9. The van der Waals surface area contributed by atoms with Crippen molar-refractivity contribution in [1.82, 2.24) is 21.3 Å². The van der Waals surface area contributed by atoms with E-state index in [0.717, 1.165) is 65.3 Å². The molecule has 2 aromatic rings. The average Bonchev–Trinajstić information content (AvgIpc) is 3.76. The average molecular weight is 522 g/mol. The molecule has 0 aromatic carbocycles. The normalized spacial score (nSPS) is 15.2. The van der Waals surface area contributed by atoms with Crippen LogP contribution in [0.15, 0.2) is 45.1 Å². The number of furan rings is 2. The van der Waals surface area contributed by atoms with E-state index < -0.39 is 4.92 Å². The van der Waals surface area contributed by atoms with Gasteiger partial charge in [-0.3, -0.25) is 10.1 Å². The van der Waals surface area contributed by atoms with Crippen LogP contribution in [0.2, 0.25) is 0 Å². The molecule has 0 aliphatic heterocycles. The van der Waals surface area contributed by atoms with Gasteiger partial charge in [0.15, 0.2) is 5.82 Å². The fourth-order valence-corrected chi connectivity index (χ4v) is 4.87. The first-order valence-electron chi connectivity index (χ1n) is 12.2. The highest BCUT2D eigenvalue weighted by Crippen LogP contribution is 2.21. The number of thioether (sulfide) groups is 2. The highest BCUT2D eigenvalue weighted by atomic mass is 32.2. The first-order valence-corrected chi connectivity index (χ1v) is 14.6. The summed E-state index contributed by atoms with van der Waals surface area (Å²) in [5, 5.41) is 24.1. The third-order valence-corrected chi connectivity index (χ3v) is 7.53. The van der Waals surface area contributed by atoms with Crippen molar-refractivity contribution in [3.63, 3.8) is 0 Å². The minimum absolute atomic E-state index is 0.435. The molecule has 0 amide bonds. The SMILES string of the molecule is O=[N+]([O-])C=C(NCCSCc1ccc(CNC2CC2)o1)NCCSCc1ccc(CNC2CC2)o1. The Morgan fingerprint density at radius 3 is 1.74 bits per heavy atom. The van der Waals surface area contributed by atoms with Crippen molar-refractivity contribution in [3.05, 3.63) is 69.4 Å². The summed E-state index contributed by atoms with van der Waals surface area (Å²) in [4.78, 5) is 10.5. The minimum Gasteiger partial charge on any atom is -0.464 e. The molecule has 2 heterocycles. The molecule has 192 valence electrons. The maximum Gasteiger partial charge on any atom is 0.274 e. The third kappa shape index (κ3) is 10.6. The predicted octanol–water partition coefficient (Wildman–Crippen LogP) is 3.80. The smallest absolute Gasteiger partial charge is 0.274 e. The Balaban J connectivity index is 1.05. The Hall–Kier alpha value is -2.08. The molecule has 0 saturated heterocycles. The first-order chi connectivity index (χ1) is 17.1. The Kier molecular flexibility index (Phi) is 10.3. The summed E-state index contributed by atoms with van der Waals surface area (Å²) in [6.07, 6.45) is 6.05. The summed E-state index contributed by atoms with van der Waals surface area (Å²) in [7, 11) is 0. The van der Waals surface area contributed by atoms with Crippen LogP contribution < -0.4 is 21.3 Å². The second kappa shape index (κ2) is 13.9. The van der Waals surface area contributed by atoms with Gasteiger partial charge in [-0.05, 0) is 49.9 Å². The van der Waals surface area contributed by atoms with Crippen LogP contribution in [0.4, 0.5) is 0 Å². The Morgan fingerprint density at radius 1 is 0.857 bits per heavy atom. The monoisotopic (exact) mass is 521 g/mol. The summed E-state index contributed by atoms with van der Waals surface area (Å²) < 4.78 is 11.7. The lowest BCUT2D eigenvalue weighted by Crippen LogP contribution is -2.30. The zero-order chi connectivity index (χ0) is 24.3. The van der Waals surface area contributed by atoms with E-state index in [9.17, 15) is 10.1 Å². The summed E-state index contributed by atoms with van der Waals surface area (Å²) in [5.41, 5.74) is 0. The van der Waals surface area contributed by atoms with Crippen LogP contribution in [0.1, 0.15) is 48.7 Å². The lowest BCUT2D eigenvalue weighted by Gasteiger charge is -2.11. The number of nitrogens with one attached hydrogen (secondary N) is 4. The lowest BCUT2D eigenvalue weighted by molar-refractivity contribution is -0.404. The molecule has 4 N–H and O–H groups in total. The van der Waals surface area contributed by atoms with Crippen LogP contribution in [0, 0.1) is 10.1 Å². The largest absolute Gasteiger partial charge is 0.464 e. The van der Waals surface area contributed by atoms with Gasteiger partial charge in [0.2, 0.25) is 0 Å². The van der Waals surface area contributed by atoms with Gasteiger partial charge < -0.3 is 30.1 Å². The molecule has 0 atom stereocenters. The molecule has 0 spiro atoms. The van der Waals surface area contributed by atoms with E-state index in [-0.39, 0.29) is 0 Å². The first kappa shape index (κ1) is 26.0. The fourth-order valence-electron chi connectivity index (χ4n) is 3.38. The fraction of sp³-hybridized carbons (Fsp3) is 0.583. The van der Waals surface area contributed by atoms with Crippen molar-refractivity contribution in [2.75, 3.05) is 24.6 Å². The molecule has 35 heavy (non-hydrogen) atoms. The molecule has 2 aliphatic carbocycles. The number of nitro groups is 1. The van der Waals surface area contributed by atoms with Crippen LogP contribution in [-0.2, 0) is 24.6 Å². The van der Waals surface area contributed by atoms with Gasteiger partial charge in [-0.25, -0.2) is 0 Å². The molecule has 4 rings (SSSR count). The van der Waals surface area contributed by atoms with Gasteiger partial charge in [0.05, 0.1) is 29.5 Å². The topological polar surface area (TPSA) is 118 Å². The molecule has 9 nitrogen and oxygen atoms in total. The van der Waals surface area contributed by atoms with Gasteiger partial charge in [-0.15, -0.1) is 0 Å². The summed E-state index contributed by atoms with van der Waals surface area (Å²) in [5.74, 6) is 7.51. The Bertz CT molecular complexity index is 889. The summed E-state index contributed by atoms with van der Waals surface area (Å²) in [6, 6.07) is 9.44. The van der Waals surface area contributed by atoms with E-state index in [0.29, 0.717) is 31.0 Å². The highest BCUT2D eigenvalue weighted by molar-refractivity contribution is 7.98.